The van der Waals surface area contributed by atoms with E-state index in [1.165, 1.54) is 16.7 Å². The molecule has 0 saturated heterocycles. The van der Waals surface area contributed by atoms with Gasteiger partial charge in [0.1, 0.15) is 0 Å². The fraction of sp³-hybridized carbons (Fsp3) is 0.438. The standard InChI is InChI=1S/C16H23N3/c1-16(2,3)13-8-6-12(7-9-13)14-11-19(5)18-15(14)10-17-4/h6-9,11,17H,10H2,1-5H3. The molecule has 102 valence electrons. The first-order valence-corrected chi connectivity index (χ1v) is 6.70. The third-order valence-corrected chi connectivity index (χ3v) is 3.31. The lowest BCUT2D eigenvalue weighted by molar-refractivity contribution is 0.590. The van der Waals surface area contributed by atoms with E-state index in [1.807, 2.05) is 18.8 Å². The van der Waals surface area contributed by atoms with E-state index >= 15 is 0 Å². The molecule has 0 aliphatic heterocycles. The maximum atomic E-state index is 4.50. The Hall–Kier alpha value is -1.61. The van der Waals surface area contributed by atoms with Gasteiger partial charge in [-0.05, 0) is 23.6 Å². The quantitative estimate of drug-likeness (QED) is 0.915. The Bertz CT molecular complexity index is 544. The maximum absolute atomic E-state index is 4.50. The zero-order valence-electron chi connectivity index (χ0n) is 12.5. The number of aromatic nitrogens is 2. The molecular formula is C16H23N3. The highest BCUT2D eigenvalue weighted by atomic mass is 15.3. The van der Waals surface area contributed by atoms with E-state index in [0.29, 0.717) is 0 Å². The molecule has 0 amide bonds. The minimum absolute atomic E-state index is 0.196. The van der Waals surface area contributed by atoms with Crippen molar-refractivity contribution < 1.29 is 0 Å². The van der Waals surface area contributed by atoms with Crippen LogP contribution in [-0.4, -0.2) is 16.8 Å². The molecule has 0 bridgehead atoms. The molecule has 0 aliphatic rings. The summed E-state index contributed by atoms with van der Waals surface area (Å²) in [5.41, 5.74) is 5.08. The zero-order chi connectivity index (χ0) is 14.0. The fourth-order valence-electron chi connectivity index (χ4n) is 2.22. The second-order valence-electron chi connectivity index (χ2n) is 6.02. The van der Waals surface area contributed by atoms with Crippen LogP contribution >= 0.6 is 0 Å². The summed E-state index contributed by atoms with van der Waals surface area (Å²) in [6, 6.07) is 8.81. The predicted octanol–water partition coefficient (Wildman–Crippen LogP) is 3.10. The Kier molecular flexibility index (Phi) is 3.76. The summed E-state index contributed by atoms with van der Waals surface area (Å²) in [4.78, 5) is 0. The maximum Gasteiger partial charge on any atom is 0.0840 e. The van der Waals surface area contributed by atoms with E-state index in [2.05, 4.69) is 61.6 Å². The van der Waals surface area contributed by atoms with E-state index in [9.17, 15) is 0 Å². The second kappa shape index (κ2) is 5.17. The van der Waals surface area contributed by atoms with Gasteiger partial charge in [0.25, 0.3) is 0 Å². The van der Waals surface area contributed by atoms with Crippen LogP contribution in [-0.2, 0) is 19.0 Å². The molecular weight excluding hydrogens is 234 g/mol. The monoisotopic (exact) mass is 257 g/mol. The summed E-state index contributed by atoms with van der Waals surface area (Å²) in [6.45, 7) is 7.49. The Morgan fingerprint density at radius 1 is 1.16 bits per heavy atom. The van der Waals surface area contributed by atoms with Crippen molar-refractivity contribution in [3.05, 3.63) is 41.7 Å². The Morgan fingerprint density at radius 3 is 2.32 bits per heavy atom. The summed E-state index contributed by atoms with van der Waals surface area (Å²) in [6.07, 6.45) is 2.08. The Balaban J connectivity index is 2.37. The summed E-state index contributed by atoms with van der Waals surface area (Å²) in [5, 5.41) is 7.67. The molecule has 1 N–H and O–H groups in total. The third kappa shape index (κ3) is 3.04. The van der Waals surface area contributed by atoms with Gasteiger partial charge in [0.2, 0.25) is 0 Å². The van der Waals surface area contributed by atoms with Crippen molar-refractivity contribution in [2.24, 2.45) is 7.05 Å². The molecule has 0 spiro atoms. The topological polar surface area (TPSA) is 29.9 Å². The van der Waals surface area contributed by atoms with Gasteiger partial charge in [0, 0.05) is 25.4 Å². The fourth-order valence-corrected chi connectivity index (χ4v) is 2.22. The number of nitrogens with zero attached hydrogens (tertiary/aromatic N) is 2. The molecule has 2 aromatic rings. The van der Waals surface area contributed by atoms with E-state index in [4.69, 9.17) is 0 Å². The van der Waals surface area contributed by atoms with Crippen molar-refractivity contribution in [1.29, 1.82) is 0 Å². The number of nitrogens with one attached hydrogen (secondary N) is 1. The van der Waals surface area contributed by atoms with Crippen LogP contribution in [0.2, 0.25) is 0 Å². The van der Waals surface area contributed by atoms with Crippen molar-refractivity contribution in [3.63, 3.8) is 0 Å². The summed E-state index contributed by atoms with van der Waals surface area (Å²) in [7, 11) is 3.91. The Morgan fingerprint density at radius 2 is 1.79 bits per heavy atom. The van der Waals surface area contributed by atoms with Crippen LogP contribution in [0, 0.1) is 0 Å². The molecule has 1 aromatic carbocycles. The predicted molar refractivity (Wildman–Crippen MR) is 80.1 cm³/mol. The minimum atomic E-state index is 0.196. The molecule has 3 heteroatoms. The van der Waals surface area contributed by atoms with Crippen molar-refractivity contribution in [3.8, 4) is 11.1 Å². The van der Waals surface area contributed by atoms with Gasteiger partial charge in [-0.2, -0.15) is 5.10 Å². The number of benzene rings is 1. The molecule has 0 unspecified atom stereocenters. The first-order chi connectivity index (χ1) is 8.91. The summed E-state index contributed by atoms with van der Waals surface area (Å²) in [5.74, 6) is 0. The van der Waals surface area contributed by atoms with Crippen LogP contribution in [0.4, 0.5) is 0 Å². The summed E-state index contributed by atoms with van der Waals surface area (Å²) >= 11 is 0. The van der Waals surface area contributed by atoms with Crippen molar-refractivity contribution in [1.82, 2.24) is 15.1 Å². The lowest BCUT2D eigenvalue weighted by Crippen LogP contribution is -2.10. The number of hydrogen-bond acceptors (Lipinski definition) is 2. The molecule has 0 saturated carbocycles. The first kappa shape index (κ1) is 13.8. The molecule has 0 aliphatic carbocycles. The van der Waals surface area contributed by atoms with Crippen LogP contribution < -0.4 is 5.32 Å². The lowest BCUT2D eigenvalue weighted by atomic mass is 9.86. The number of aryl methyl sites for hydroxylation is 1. The molecule has 0 radical (unpaired) electrons. The van der Waals surface area contributed by atoms with Gasteiger partial charge in [-0.1, -0.05) is 45.0 Å². The van der Waals surface area contributed by atoms with Gasteiger partial charge in [-0.3, -0.25) is 4.68 Å². The molecule has 0 fully saturated rings. The Labute approximate surface area is 115 Å². The van der Waals surface area contributed by atoms with E-state index in [-0.39, 0.29) is 5.41 Å². The number of hydrogen-bond donors (Lipinski definition) is 1. The molecule has 2 rings (SSSR count). The SMILES string of the molecule is CNCc1nn(C)cc1-c1ccc(C(C)(C)C)cc1. The third-order valence-electron chi connectivity index (χ3n) is 3.31. The van der Waals surface area contributed by atoms with Crippen LogP contribution in [0.15, 0.2) is 30.5 Å². The molecule has 1 aromatic heterocycles. The van der Waals surface area contributed by atoms with Gasteiger partial charge < -0.3 is 5.32 Å². The molecule has 3 nitrogen and oxygen atoms in total. The van der Waals surface area contributed by atoms with Crippen LogP contribution in [0.1, 0.15) is 32.0 Å². The molecule has 19 heavy (non-hydrogen) atoms. The normalized spacial score (nSPS) is 11.8. The second-order valence-corrected chi connectivity index (χ2v) is 6.02. The first-order valence-electron chi connectivity index (χ1n) is 6.70. The molecule has 0 atom stereocenters. The number of rotatable bonds is 3. The van der Waals surface area contributed by atoms with Gasteiger partial charge >= 0.3 is 0 Å². The highest BCUT2D eigenvalue weighted by molar-refractivity contribution is 5.65. The minimum Gasteiger partial charge on any atom is -0.314 e. The molecule has 1 heterocycles. The van der Waals surface area contributed by atoms with E-state index < -0.39 is 0 Å². The lowest BCUT2D eigenvalue weighted by Gasteiger charge is -2.19. The van der Waals surface area contributed by atoms with Gasteiger partial charge in [0.15, 0.2) is 0 Å². The van der Waals surface area contributed by atoms with E-state index in [1.54, 1.807) is 0 Å². The highest BCUT2D eigenvalue weighted by Crippen LogP contribution is 2.27. The average molecular weight is 257 g/mol. The zero-order valence-corrected chi connectivity index (χ0v) is 12.5. The van der Waals surface area contributed by atoms with E-state index in [0.717, 1.165) is 12.2 Å². The van der Waals surface area contributed by atoms with Crippen LogP contribution in [0.25, 0.3) is 11.1 Å². The highest BCUT2D eigenvalue weighted by Gasteiger charge is 2.14. The van der Waals surface area contributed by atoms with Crippen molar-refractivity contribution in [2.45, 2.75) is 32.7 Å². The smallest absolute Gasteiger partial charge is 0.0840 e. The van der Waals surface area contributed by atoms with Gasteiger partial charge in [0.05, 0.1) is 5.69 Å². The van der Waals surface area contributed by atoms with Crippen molar-refractivity contribution in [2.75, 3.05) is 7.05 Å². The average Bonchev–Trinajstić information content (AvgIpc) is 2.70. The van der Waals surface area contributed by atoms with Crippen LogP contribution in [0.5, 0.6) is 0 Å². The van der Waals surface area contributed by atoms with Gasteiger partial charge in [-0.15, -0.1) is 0 Å². The summed E-state index contributed by atoms with van der Waals surface area (Å²) < 4.78 is 1.87. The van der Waals surface area contributed by atoms with Crippen LogP contribution in [0.3, 0.4) is 0 Å². The van der Waals surface area contributed by atoms with Gasteiger partial charge in [-0.25, -0.2) is 0 Å². The van der Waals surface area contributed by atoms with Crippen molar-refractivity contribution >= 4 is 0 Å². The largest absolute Gasteiger partial charge is 0.314 e.